The Labute approximate surface area is 175 Å². The van der Waals surface area contributed by atoms with Gasteiger partial charge in [-0.2, -0.15) is 5.10 Å². The molecule has 1 saturated heterocycles. The van der Waals surface area contributed by atoms with Crippen LogP contribution in [-0.2, 0) is 0 Å². The predicted molar refractivity (Wildman–Crippen MR) is 119 cm³/mol. The molecule has 0 saturated carbocycles. The molecule has 1 aliphatic heterocycles. The Kier molecular flexibility index (Phi) is 4.71. The zero-order valence-corrected chi connectivity index (χ0v) is 17.2. The first-order valence-electron chi connectivity index (χ1n) is 10.1. The molecule has 5 rings (SSSR count). The van der Waals surface area contributed by atoms with Gasteiger partial charge in [-0.1, -0.05) is 18.2 Å². The van der Waals surface area contributed by atoms with Crippen molar-refractivity contribution in [2.24, 2.45) is 0 Å². The highest BCUT2D eigenvalue weighted by Crippen LogP contribution is 2.27. The standard InChI is InChI=1S/C23H24N6O/c1-17-5-3-7-19(13-17)29-23-21(15-26-29)22(24-16-25-23)28-11-9-27(10-12-28)18-6-4-8-20(14-18)30-2/h3-8,13-16H,9-12H2,1-2H3. The third-order valence-corrected chi connectivity index (χ3v) is 5.59. The van der Waals surface area contributed by atoms with Crippen LogP contribution < -0.4 is 14.5 Å². The molecule has 2 aromatic heterocycles. The van der Waals surface area contributed by atoms with Gasteiger partial charge in [-0.05, 0) is 36.8 Å². The van der Waals surface area contributed by atoms with Gasteiger partial charge in [0.15, 0.2) is 5.65 Å². The molecule has 0 amide bonds. The number of aromatic nitrogens is 4. The fourth-order valence-electron chi connectivity index (χ4n) is 4.02. The summed E-state index contributed by atoms with van der Waals surface area (Å²) in [5.41, 5.74) is 4.23. The van der Waals surface area contributed by atoms with Crippen molar-refractivity contribution in [3.05, 3.63) is 66.6 Å². The number of hydrogen-bond donors (Lipinski definition) is 0. The number of methoxy groups -OCH3 is 1. The van der Waals surface area contributed by atoms with Crippen molar-refractivity contribution in [1.29, 1.82) is 0 Å². The van der Waals surface area contributed by atoms with E-state index in [4.69, 9.17) is 4.74 Å². The average molecular weight is 400 g/mol. The zero-order valence-electron chi connectivity index (χ0n) is 17.2. The summed E-state index contributed by atoms with van der Waals surface area (Å²) >= 11 is 0. The average Bonchev–Trinajstić information content (AvgIpc) is 3.24. The second-order valence-corrected chi connectivity index (χ2v) is 7.51. The van der Waals surface area contributed by atoms with Crippen LogP contribution in [0.2, 0.25) is 0 Å². The molecule has 7 heteroatoms. The van der Waals surface area contributed by atoms with Crippen LogP contribution in [0, 0.1) is 6.92 Å². The van der Waals surface area contributed by atoms with Gasteiger partial charge < -0.3 is 14.5 Å². The largest absolute Gasteiger partial charge is 0.497 e. The van der Waals surface area contributed by atoms with E-state index in [2.05, 4.69) is 56.1 Å². The third kappa shape index (κ3) is 3.32. The number of benzene rings is 2. The Hall–Kier alpha value is -3.61. The van der Waals surface area contributed by atoms with E-state index >= 15 is 0 Å². The Bertz CT molecular complexity index is 1180. The van der Waals surface area contributed by atoms with Gasteiger partial charge in [-0.25, -0.2) is 14.6 Å². The highest BCUT2D eigenvalue weighted by molar-refractivity contribution is 5.87. The van der Waals surface area contributed by atoms with E-state index in [1.54, 1.807) is 13.4 Å². The van der Waals surface area contributed by atoms with Crippen molar-refractivity contribution >= 4 is 22.5 Å². The quantitative estimate of drug-likeness (QED) is 0.523. The summed E-state index contributed by atoms with van der Waals surface area (Å²) in [5.74, 6) is 1.83. The molecule has 0 N–H and O–H groups in total. The van der Waals surface area contributed by atoms with Crippen LogP contribution in [0.25, 0.3) is 16.7 Å². The number of hydrogen-bond acceptors (Lipinski definition) is 6. The first-order chi connectivity index (χ1) is 14.7. The van der Waals surface area contributed by atoms with E-state index in [-0.39, 0.29) is 0 Å². The Morgan fingerprint density at radius 2 is 1.63 bits per heavy atom. The molecular formula is C23H24N6O. The summed E-state index contributed by atoms with van der Waals surface area (Å²) < 4.78 is 7.26. The van der Waals surface area contributed by atoms with Gasteiger partial charge in [-0.15, -0.1) is 0 Å². The van der Waals surface area contributed by atoms with E-state index in [0.717, 1.165) is 54.5 Å². The molecule has 2 aromatic carbocycles. The molecule has 0 spiro atoms. The molecule has 1 fully saturated rings. The molecule has 152 valence electrons. The third-order valence-electron chi connectivity index (χ3n) is 5.59. The normalized spacial score (nSPS) is 14.3. The van der Waals surface area contributed by atoms with Gasteiger partial charge in [0, 0.05) is 37.9 Å². The molecule has 0 bridgehead atoms. The topological polar surface area (TPSA) is 59.3 Å². The van der Waals surface area contributed by atoms with E-state index in [1.807, 2.05) is 35.1 Å². The summed E-state index contributed by atoms with van der Waals surface area (Å²) in [6.45, 7) is 5.70. The smallest absolute Gasteiger partial charge is 0.168 e. The number of aryl methyl sites for hydroxylation is 1. The monoisotopic (exact) mass is 400 g/mol. The summed E-state index contributed by atoms with van der Waals surface area (Å²) in [4.78, 5) is 13.8. The molecule has 0 unspecified atom stereocenters. The van der Waals surface area contributed by atoms with Crippen LogP contribution in [0.3, 0.4) is 0 Å². The summed E-state index contributed by atoms with van der Waals surface area (Å²) in [7, 11) is 1.70. The van der Waals surface area contributed by atoms with Crippen LogP contribution in [-0.4, -0.2) is 53.0 Å². The fraction of sp³-hybridized carbons (Fsp3) is 0.261. The lowest BCUT2D eigenvalue weighted by molar-refractivity contribution is 0.414. The fourth-order valence-corrected chi connectivity index (χ4v) is 4.02. The van der Waals surface area contributed by atoms with Crippen molar-refractivity contribution in [3.8, 4) is 11.4 Å². The first kappa shape index (κ1) is 18.4. The lowest BCUT2D eigenvalue weighted by Crippen LogP contribution is -2.46. The Morgan fingerprint density at radius 3 is 2.43 bits per heavy atom. The zero-order chi connectivity index (χ0) is 20.5. The van der Waals surface area contributed by atoms with Crippen molar-refractivity contribution in [3.63, 3.8) is 0 Å². The highest BCUT2D eigenvalue weighted by Gasteiger charge is 2.22. The van der Waals surface area contributed by atoms with Gasteiger partial charge in [-0.3, -0.25) is 0 Å². The number of fused-ring (bicyclic) bond motifs is 1. The molecule has 3 heterocycles. The van der Waals surface area contributed by atoms with Crippen molar-refractivity contribution in [1.82, 2.24) is 19.7 Å². The lowest BCUT2D eigenvalue weighted by atomic mass is 10.2. The van der Waals surface area contributed by atoms with Gasteiger partial charge in [0.25, 0.3) is 0 Å². The molecule has 0 radical (unpaired) electrons. The minimum Gasteiger partial charge on any atom is -0.497 e. The number of ether oxygens (including phenoxy) is 1. The Morgan fingerprint density at radius 1 is 0.867 bits per heavy atom. The molecule has 0 atom stereocenters. The van der Waals surface area contributed by atoms with Gasteiger partial charge in [0.1, 0.15) is 17.9 Å². The number of nitrogens with zero attached hydrogens (tertiary/aromatic N) is 6. The van der Waals surface area contributed by atoms with Gasteiger partial charge in [0.05, 0.1) is 24.4 Å². The van der Waals surface area contributed by atoms with Crippen molar-refractivity contribution in [2.45, 2.75) is 6.92 Å². The second-order valence-electron chi connectivity index (χ2n) is 7.51. The molecular weight excluding hydrogens is 376 g/mol. The van der Waals surface area contributed by atoms with E-state index in [9.17, 15) is 0 Å². The van der Waals surface area contributed by atoms with Crippen LogP contribution >= 0.6 is 0 Å². The summed E-state index contributed by atoms with van der Waals surface area (Å²) in [5, 5.41) is 5.59. The van der Waals surface area contributed by atoms with E-state index < -0.39 is 0 Å². The maximum Gasteiger partial charge on any atom is 0.168 e. The lowest BCUT2D eigenvalue weighted by Gasteiger charge is -2.36. The molecule has 4 aromatic rings. The van der Waals surface area contributed by atoms with E-state index in [1.165, 1.54) is 11.3 Å². The van der Waals surface area contributed by atoms with Crippen LogP contribution in [0.5, 0.6) is 5.75 Å². The van der Waals surface area contributed by atoms with Crippen molar-refractivity contribution < 1.29 is 4.74 Å². The number of rotatable bonds is 4. The number of piperazine rings is 1. The summed E-state index contributed by atoms with van der Waals surface area (Å²) in [6.07, 6.45) is 3.52. The molecule has 7 nitrogen and oxygen atoms in total. The van der Waals surface area contributed by atoms with Crippen LogP contribution in [0.1, 0.15) is 5.56 Å². The SMILES string of the molecule is COc1cccc(N2CCN(c3ncnc4c3cnn4-c3cccc(C)c3)CC2)c1. The first-order valence-corrected chi connectivity index (χ1v) is 10.1. The molecule has 1 aliphatic rings. The van der Waals surface area contributed by atoms with Crippen LogP contribution in [0.4, 0.5) is 11.5 Å². The minimum absolute atomic E-state index is 0.834. The maximum atomic E-state index is 5.37. The maximum absolute atomic E-state index is 5.37. The number of anilines is 2. The Balaban J connectivity index is 1.40. The second kappa shape index (κ2) is 7.67. The minimum atomic E-state index is 0.834. The van der Waals surface area contributed by atoms with Gasteiger partial charge >= 0.3 is 0 Å². The van der Waals surface area contributed by atoms with Crippen LogP contribution in [0.15, 0.2) is 61.1 Å². The molecule has 30 heavy (non-hydrogen) atoms. The predicted octanol–water partition coefficient (Wildman–Crippen LogP) is 3.46. The highest BCUT2D eigenvalue weighted by atomic mass is 16.5. The van der Waals surface area contributed by atoms with E-state index in [0.29, 0.717) is 0 Å². The van der Waals surface area contributed by atoms with Gasteiger partial charge in [0.2, 0.25) is 0 Å². The molecule has 0 aliphatic carbocycles. The summed E-state index contributed by atoms with van der Waals surface area (Å²) in [6, 6.07) is 16.5. The van der Waals surface area contributed by atoms with Crippen molar-refractivity contribution in [2.75, 3.05) is 43.1 Å².